The van der Waals surface area contributed by atoms with Gasteiger partial charge in [0.05, 0.1) is 21.7 Å². The Balaban J connectivity index is 0.00000192. The van der Waals surface area contributed by atoms with E-state index in [2.05, 4.69) is 15.9 Å². The molecule has 2 aromatic rings. The summed E-state index contributed by atoms with van der Waals surface area (Å²) < 4.78 is 33.9. The molecule has 3 rings (SSSR count). The standard InChI is InChI=1S/C14H8BrNO5S.K/c15-8-5-9(22(19,20)21)12(16)11-10(8)13(17)6-3-1-2-4-7(6)14(11)18;/h1-5H,16H2,(H,19,20,21);/q;+1/p-1. The van der Waals surface area contributed by atoms with Crippen LogP contribution in [0.15, 0.2) is 39.7 Å². The molecule has 0 atom stereocenters. The van der Waals surface area contributed by atoms with E-state index < -0.39 is 32.3 Å². The van der Waals surface area contributed by atoms with Gasteiger partial charge in [0, 0.05) is 15.6 Å². The number of carbonyl (C=O) groups excluding carboxylic acids is 2. The van der Waals surface area contributed by atoms with Crippen LogP contribution in [-0.2, 0) is 10.1 Å². The Morgan fingerprint density at radius 1 is 1.00 bits per heavy atom. The minimum absolute atomic E-state index is 0. The van der Waals surface area contributed by atoms with Gasteiger partial charge in [-0.1, -0.05) is 24.3 Å². The van der Waals surface area contributed by atoms with Crippen molar-refractivity contribution in [3.8, 4) is 0 Å². The van der Waals surface area contributed by atoms with Crippen molar-refractivity contribution in [3.63, 3.8) is 0 Å². The number of fused-ring (bicyclic) bond motifs is 2. The SMILES string of the molecule is Nc1c(S(=O)(=O)[O-])cc(Br)c2c1C(=O)c1ccccc1C2=O.[K+]. The van der Waals surface area contributed by atoms with Gasteiger partial charge in [0.2, 0.25) is 0 Å². The fraction of sp³-hybridized carbons (Fsp3) is 0. The number of anilines is 1. The molecule has 2 aromatic carbocycles. The molecule has 23 heavy (non-hydrogen) atoms. The van der Waals surface area contributed by atoms with Crippen molar-refractivity contribution in [2.24, 2.45) is 0 Å². The summed E-state index contributed by atoms with van der Waals surface area (Å²) in [6, 6.07) is 7.09. The van der Waals surface area contributed by atoms with Crippen molar-refractivity contribution < 1.29 is 73.9 Å². The maximum atomic E-state index is 12.6. The van der Waals surface area contributed by atoms with Crippen LogP contribution in [0.4, 0.5) is 5.69 Å². The van der Waals surface area contributed by atoms with E-state index in [4.69, 9.17) is 5.73 Å². The Bertz CT molecular complexity index is 971. The Labute approximate surface area is 182 Å². The number of hydrogen-bond acceptors (Lipinski definition) is 6. The summed E-state index contributed by atoms with van der Waals surface area (Å²) in [5.74, 6) is -1.05. The first-order valence-electron chi connectivity index (χ1n) is 5.99. The van der Waals surface area contributed by atoms with Crippen LogP contribution >= 0.6 is 15.9 Å². The normalized spacial score (nSPS) is 13.1. The molecule has 0 aliphatic heterocycles. The zero-order chi connectivity index (χ0) is 16.2. The molecule has 0 bridgehead atoms. The molecule has 0 saturated carbocycles. The topological polar surface area (TPSA) is 117 Å². The molecule has 9 heteroatoms. The van der Waals surface area contributed by atoms with Crippen molar-refractivity contribution in [2.75, 3.05) is 5.73 Å². The molecule has 112 valence electrons. The molecule has 2 N–H and O–H groups in total. The van der Waals surface area contributed by atoms with E-state index in [0.717, 1.165) is 6.07 Å². The summed E-state index contributed by atoms with van der Waals surface area (Å²) in [5, 5.41) is 0. The summed E-state index contributed by atoms with van der Waals surface area (Å²) >= 11 is 3.05. The largest absolute Gasteiger partial charge is 1.00 e. The van der Waals surface area contributed by atoms with Gasteiger partial charge in [-0.15, -0.1) is 0 Å². The quantitative estimate of drug-likeness (QED) is 0.298. The van der Waals surface area contributed by atoms with Crippen LogP contribution in [0.3, 0.4) is 0 Å². The molecular weight excluding hydrogens is 413 g/mol. The van der Waals surface area contributed by atoms with Crippen molar-refractivity contribution in [1.82, 2.24) is 0 Å². The fourth-order valence-corrected chi connectivity index (χ4v) is 3.85. The van der Waals surface area contributed by atoms with Crippen molar-refractivity contribution in [3.05, 3.63) is 57.1 Å². The average molecular weight is 420 g/mol. The van der Waals surface area contributed by atoms with Gasteiger partial charge in [0.15, 0.2) is 11.6 Å². The van der Waals surface area contributed by atoms with E-state index in [-0.39, 0.29) is 78.1 Å². The predicted molar refractivity (Wildman–Crippen MR) is 79.8 cm³/mol. The second-order valence-corrected chi connectivity index (χ2v) is 6.88. The zero-order valence-electron chi connectivity index (χ0n) is 11.8. The number of rotatable bonds is 1. The van der Waals surface area contributed by atoms with E-state index >= 15 is 0 Å². The van der Waals surface area contributed by atoms with Crippen LogP contribution in [0.1, 0.15) is 31.8 Å². The van der Waals surface area contributed by atoms with E-state index in [9.17, 15) is 22.6 Å². The van der Waals surface area contributed by atoms with Crippen LogP contribution in [0.2, 0.25) is 0 Å². The van der Waals surface area contributed by atoms with Crippen LogP contribution < -0.4 is 57.1 Å². The number of nitrogen functional groups attached to an aromatic ring is 1. The zero-order valence-corrected chi connectivity index (χ0v) is 17.3. The average Bonchev–Trinajstić information content (AvgIpc) is 2.45. The van der Waals surface area contributed by atoms with Gasteiger partial charge in [0.1, 0.15) is 10.1 Å². The molecule has 0 amide bonds. The van der Waals surface area contributed by atoms with Crippen LogP contribution in [0, 0.1) is 0 Å². The first kappa shape index (κ1) is 18.9. The van der Waals surface area contributed by atoms with Crippen LogP contribution in [0.5, 0.6) is 0 Å². The van der Waals surface area contributed by atoms with E-state index in [1.165, 1.54) is 12.1 Å². The number of hydrogen-bond donors (Lipinski definition) is 1. The molecule has 0 fully saturated rings. The third kappa shape index (κ3) is 3.00. The molecule has 1 aliphatic rings. The first-order valence-corrected chi connectivity index (χ1v) is 8.20. The smallest absolute Gasteiger partial charge is 0.744 e. The minimum atomic E-state index is -4.88. The first-order chi connectivity index (χ1) is 10.2. The van der Waals surface area contributed by atoms with E-state index in [1.807, 2.05) is 0 Å². The number of ketones is 2. The number of benzene rings is 2. The van der Waals surface area contributed by atoms with Crippen molar-refractivity contribution >= 4 is 43.3 Å². The summed E-state index contributed by atoms with van der Waals surface area (Å²) in [4.78, 5) is 24.4. The number of halogens is 1. The number of nitrogens with two attached hydrogens (primary N) is 1. The Kier molecular flexibility index (Phi) is 5.34. The molecule has 0 saturated heterocycles. The van der Waals surface area contributed by atoms with E-state index in [0.29, 0.717) is 0 Å². The molecule has 0 spiro atoms. The molecule has 6 nitrogen and oxygen atoms in total. The Morgan fingerprint density at radius 3 is 1.96 bits per heavy atom. The molecule has 0 aromatic heterocycles. The number of carbonyl (C=O) groups is 2. The minimum Gasteiger partial charge on any atom is -0.744 e. The van der Waals surface area contributed by atoms with Crippen LogP contribution in [-0.4, -0.2) is 24.5 Å². The predicted octanol–water partition coefficient (Wildman–Crippen LogP) is -1.29. The van der Waals surface area contributed by atoms with Gasteiger partial charge < -0.3 is 10.3 Å². The van der Waals surface area contributed by atoms with Gasteiger partial charge in [-0.25, -0.2) is 8.42 Å². The second-order valence-electron chi connectivity index (χ2n) is 4.68. The monoisotopic (exact) mass is 419 g/mol. The fourth-order valence-electron chi connectivity index (χ4n) is 2.46. The third-order valence-corrected chi connectivity index (χ3v) is 4.92. The van der Waals surface area contributed by atoms with Crippen LogP contribution in [0.25, 0.3) is 0 Å². The molecule has 0 radical (unpaired) electrons. The third-order valence-electron chi connectivity index (χ3n) is 3.42. The molecule has 0 heterocycles. The van der Waals surface area contributed by atoms with Gasteiger partial charge in [0.25, 0.3) is 0 Å². The van der Waals surface area contributed by atoms with Crippen molar-refractivity contribution in [1.29, 1.82) is 0 Å². The maximum absolute atomic E-state index is 12.6. The second kappa shape index (κ2) is 6.49. The van der Waals surface area contributed by atoms with Gasteiger partial charge in [-0.2, -0.15) is 0 Å². The van der Waals surface area contributed by atoms with E-state index in [1.54, 1.807) is 12.1 Å². The van der Waals surface area contributed by atoms with Gasteiger partial charge in [-0.05, 0) is 22.0 Å². The molecule has 1 aliphatic carbocycles. The summed E-state index contributed by atoms with van der Waals surface area (Å²) in [7, 11) is -4.88. The summed E-state index contributed by atoms with van der Waals surface area (Å²) in [6.45, 7) is 0. The maximum Gasteiger partial charge on any atom is 1.00 e. The summed E-state index contributed by atoms with van der Waals surface area (Å²) in [6.07, 6.45) is 0. The van der Waals surface area contributed by atoms with Gasteiger partial charge >= 0.3 is 51.4 Å². The molecular formula is C14H7BrKNO5S. The van der Waals surface area contributed by atoms with Gasteiger partial charge in [-0.3, -0.25) is 9.59 Å². The Hall–Kier alpha value is -0.394. The Morgan fingerprint density at radius 2 is 1.48 bits per heavy atom. The molecule has 0 unspecified atom stereocenters. The summed E-state index contributed by atoms with van der Waals surface area (Å²) in [5.41, 5.74) is 5.24. The van der Waals surface area contributed by atoms with Crippen molar-refractivity contribution in [2.45, 2.75) is 4.90 Å².